The van der Waals surface area contributed by atoms with E-state index in [1.165, 1.54) is 53.2 Å². The molecule has 0 amide bonds. The first-order chi connectivity index (χ1) is 17.8. The van der Waals surface area contributed by atoms with Gasteiger partial charge in [-0.3, -0.25) is 0 Å². The predicted molar refractivity (Wildman–Crippen MR) is 157 cm³/mol. The van der Waals surface area contributed by atoms with Gasteiger partial charge in [0.05, 0.1) is 0 Å². The van der Waals surface area contributed by atoms with E-state index in [0.29, 0.717) is 0 Å². The van der Waals surface area contributed by atoms with Crippen LogP contribution < -0.4 is 5.32 Å². The van der Waals surface area contributed by atoms with Crippen LogP contribution in [-0.4, -0.2) is 0 Å². The molecule has 0 bridgehead atoms. The summed E-state index contributed by atoms with van der Waals surface area (Å²) >= 11 is 1.87. The Balaban J connectivity index is 1.31. The minimum atomic E-state index is 1.09. The van der Waals surface area contributed by atoms with Gasteiger partial charge in [0.25, 0.3) is 0 Å². The summed E-state index contributed by atoms with van der Waals surface area (Å²) in [6, 6.07) is 47.7. The van der Waals surface area contributed by atoms with Crippen molar-refractivity contribution in [2.75, 3.05) is 5.32 Å². The molecule has 0 saturated heterocycles. The summed E-state index contributed by atoms with van der Waals surface area (Å²) in [6.07, 6.45) is 0. The highest BCUT2D eigenvalue weighted by molar-refractivity contribution is 7.26. The van der Waals surface area contributed by atoms with Crippen molar-refractivity contribution in [1.82, 2.24) is 0 Å². The fourth-order valence-electron chi connectivity index (χ4n) is 5.14. The van der Waals surface area contributed by atoms with Crippen LogP contribution in [0.4, 0.5) is 11.4 Å². The Bertz CT molecular complexity index is 1840. The lowest BCUT2D eigenvalue weighted by atomic mass is 9.98. The van der Waals surface area contributed by atoms with E-state index in [1.54, 1.807) is 0 Å². The molecule has 0 spiro atoms. The number of benzene rings is 6. The third-order valence-electron chi connectivity index (χ3n) is 6.88. The number of nitrogens with one attached hydrogen (secondary N) is 1. The Kier molecular flexibility index (Phi) is 5.04. The molecule has 7 rings (SSSR count). The molecule has 1 aromatic heterocycles. The average Bonchev–Trinajstić information content (AvgIpc) is 3.34. The molecular weight excluding hydrogens is 454 g/mol. The molecule has 1 N–H and O–H groups in total. The molecule has 1 heterocycles. The van der Waals surface area contributed by atoms with Gasteiger partial charge in [0, 0.05) is 31.5 Å². The maximum Gasteiger partial charge on any atom is 0.0479 e. The van der Waals surface area contributed by atoms with Crippen LogP contribution in [-0.2, 0) is 0 Å². The molecule has 170 valence electrons. The molecule has 2 heteroatoms. The molecule has 0 radical (unpaired) electrons. The standard InChI is InChI=1S/C34H23NS/c1-2-9-24(10-3-1)29-21-22-31(33-30-14-6-7-16-32(30)36-34(29)33)35-26-19-17-25(18-20-26)28-15-8-12-23-11-4-5-13-27(23)28/h1-22,35H. The van der Waals surface area contributed by atoms with Crippen molar-refractivity contribution in [2.24, 2.45) is 0 Å². The van der Waals surface area contributed by atoms with Crippen molar-refractivity contribution in [1.29, 1.82) is 0 Å². The van der Waals surface area contributed by atoms with Gasteiger partial charge in [0.2, 0.25) is 0 Å². The van der Waals surface area contributed by atoms with E-state index in [0.717, 1.165) is 11.4 Å². The quantitative estimate of drug-likeness (QED) is 0.266. The van der Waals surface area contributed by atoms with E-state index in [2.05, 4.69) is 139 Å². The van der Waals surface area contributed by atoms with Crippen molar-refractivity contribution in [3.8, 4) is 22.3 Å². The van der Waals surface area contributed by atoms with Gasteiger partial charge in [-0.15, -0.1) is 11.3 Å². The second-order valence-corrected chi connectivity index (χ2v) is 10.1. The summed E-state index contributed by atoms with van der Waals surface area (Å²) in [7, 11) is 0. The molecular formula is C34H23NS. The Labute approximate surface area is 214 Å². The molecule has 0 unspecified atom stereocenters. The van der Waals surface area contributed by atoms with Crippen molar-refractivity contribution in [3.05, 3.63) is 133 Å². The molecule has 7 aromatic rings. The van der Waals surface area contributed by atoms with Crippen LogP contribution >= 0.6 is 11.3 Å². The highest BCUT2D eigenvalue weighted by Gasteiger charge is 2.14. The summed E-state index contributed by atoms with van der Waals surface area (Å²) < 4.78 is 2.63. The largest absolute Gasteiger partial charge is 0.355 e. The van der Waals surface area contributed by atoms with Gasteiger partial charge in [-0.25, -0.2) is 0 Å². The van der Waals surface area contributed by atoms with E-state index in [9.17, 15) is 0 Å². The van der Waals surface area contributed by atoms with E-state index >= 15 is 0 Å². The molecule has 0 aliphatic rings. The van der Waals surface area contributed by atoms with Crippen LogP contribution in [0.5, 0.6) is 0 Å². The fourth-order valence-corrected chi connectivity index (χ4v) is 6.41. The maximum atomic E-state index is 3.73. The lowest BCUT2D eigenvalue weighted by Gasteiger charge is -2.13. The zero-order chi connectivity index (χ0) is 23.9. The summed E-state index contributed by atoms with van der Waals surface area (Å²) in [6.45, 7) is 0. The third-order valence-corrected chi connectivity index (χ3v) is 8.08. The predicted octanol–water partition coefficient (Wildman–Crippen LogP) is 10.3. The van der Waals surface area contributed by atoms with E-state index in [-0.39, 0.29) is 0 Å². The zero-order valence-corrected chi connectivity index (χ0v) is 20.4. The van der Waals surface area contributed by atoms with Gasteiger partial charge in [-0.1, -0.05) is 109 Å². The van der Waals surface area contributed by atoms with Crippen LogP contribution in [0.25, 0.3) is 53.2 Å². The average molecular weight is 478 g/mol. The number of thiophene rings is 1. The number of hydrogen-bond acceptors (Lipinski definition) is 2. The minimum absolute atomic E-state index is 1.09. The number of hydrogen-bond donors (Lipinski definition) is 1. The second kappa shape index (κ2) is 8.67. The van der Waals surface area contributed by atoms with E-state index < -0.39 is 0 Å². The highest BCUT2D eigenvalue weighted by Crippen LogP contribution is 2.44. The van der Waals surface area contributed by atoms with Crippen LogP contribution in [0.3, 0.4) is 0 Å². The molecule has 0 aliphatic heterocycles. The Morgan fingerprint density at radius 2 is 1.17 bits per heavy atom. The number of rotatable bonds is 4. The van der Waals surface area contributed by atoms with Crippen molar-refractivity contribution < 1.29 is 0 Å². The summed E-state index contributed by atoms with van der Waals surface area (Å²) in [5, 5.41) is 8.86. The van der Waals surface area contributed by atoms with Crippen molar-refractivity contribution in [3.63, 3.8) is 0 Å². The van der Waals surface area contributed by atoms with Crippen LogP contribution in [0.2, 0.25) is 0 Å². The summed E-state index contributed by atoms with van der Waals surface area (Å²) in [4.78, 5) is 0. The smallest absolute Gasteiger partial charge is 0.0479 e. The number of fused-ring (bicyclic) bond motifs is 4. The molecule has 0 atom stereocenters. The van der Waals surface area contributed by atoms with E-state index in [1.807, 2.05) is 11.3 Å². The number of anilines is 2. The van der Waals surface area contributed by atoms with Gasteiger partial charge in [0.1, 0.15) is 0 Å². The maximum absolute atomic E-state index is 3.73. The van der Waals surface area contributed by atoms with Crippen LogP contribution in [0.15, 0.2) is 133 Å². The topological polar surface area (TPSA) is 12.0 Å². The van der Waals surface area contributed by atoms with Gasteiger partial charge >= 0.3 is 0 Å². The molecule has 1 nitrogen and oxygen atoms in total. The van der Waals surface area contributed by atoms with Crippen molar-refractivity contribution in [2.45, 2.75) is 0 Å². The monoisotopic (exact) mass is 477 g/mol. The first-order valence-electron chi connectivity index (χ1n) is 12.2. The summed E-state index contributed by atoms with van der Waals surface area (Å²) in [5.74, 6) is 0. The van der Waals surface area contributed by atoms with Gasteiger partial charge in [0.15, 0.2) is 0 Å². The molecule has 36 heavy (non-hydrogen) atoms. The normalized spacial score (nSPS) is 11.3. The molecule has 0 saturated carbocycles. The second-order valence-electron chi connectivity index (χ2n) is 9.06. The van der Waals surface area contributed by atoms with Gasteiger partial charge < -0.3 is 5.32 Å². The first kappa shape index (κ1) is 20.9. The molecule has 0 aliphatic carbocycles. The zero-order valence-electron chi connectivity index (χ0n) is 19.6. The molecule has 6 aromatic carbocycles. The first-order valence-corrected chi connectivity index (χ1v) is 13.0. The summed E-state index contributed by atoms with van der Waals surface area (Å²) in [5.41, 5.74) is 7.24. The Morgan fingerprint density at radius 3 is 2.03 bits per heavy atom. The van der Waals surface area contributed by atoms with Gasteiger partial charge in [-0.05, 0) is 57.3 Å². The molecule has 0 fully saturated rings. The third kappa shape index (κ3) is 3.55. The lowest BCUT2D eigenvalue weighted by Crippen LogP contribution is -1.92. The minimum Gasteiger partial charge on any atom is -0.355 e. The van der Waals surface area contributed by atoms with Gasteiger partial charge in [-0.2, -0.15) is 0 Å². The Hall–Kier alpha value is -4.40. The van der Waals surface area contributed by atoms with Crippen LogP contribution in [0, 0.1) is 0 Å². The van der Waals surface area contributed by atoms with Crippen LogP contribution in [0.1, 0.15) is 0 Å². The van der Waals surface area contributed by atoms with Crippen molar-refractivity contribution >= 4 is 53.7 Å². The Morgan fingerprint density at radius 1 is 0.472 bits per heavy atom. The lowest BCUT2D eigenvalue weighted by molar-refractivity contribution is 1.57. The SMILES string of the molecule is c1ccc(-c2ccc(Nc3ccc(-c4cccc5ccccc45)cc3)c3c2sc2ccccc23)cc1. The highest BCUT2D eigenvalue weighted by atomic mass is 32.1. The van der Waals surface area contributed by atoms with E-state index in [4.69, 9.17) is 0 Å². The fraction of sp³-hybridized carbons (Fsp3) is 0.